The van der Waals surface area contributed by atoms with Gasteiger partial charge in [0, 0.05) is 14.1 Å². The molecule has 5 nitrogen and oxygen atoms in total. The number of aromatic nitrogens is 1. The van der Waals surface area contributed by atoms with Gasteiger partial charge in [-0.1, -0.05) is 6.92 Å². The van der Waals surface area contributed by atoms with Crippen LogP contribution in [0.25, 0.3) is 0 Å². The van der Waals surface area contributed by atoms with E-state index in [0.717, 1.165) is 12.4 Å². The molecule has 0 spiro atoms. The second-order valence-corrected chi connectivity index (χ2v) is 3.63. The lowest BCUT2D eigenvalue weighted by molar-refractivity contribution is -0.115. The van der Waals surface area contributed by atoms with Crippen molar-refractivity contribution in [1.82, 2.24) is 10.3 Å². The average Bonchev–Trinajstić information content (AvgIpc) is 2.27. The third-order valence-corrected chi connectivity index (χ3v) is 2.03. The predicted molar refractivity (Wildman–Crippen MR) is 65.7 cm³/mol. The molecule has 0 bridgehead atoms. The van der Waals surface area contributed by atoms with Crippen molar-refractivity contribution < 1.29 is 4.79 Å². The number of carbonyl (C=O) groups is 1. The average molecular weight is 222 g/mol. The van der Waals surface area contributed by atoms with Gasteiger partial charge in [-0.15, -0.1) is 0 Å². The molecule has 1 aromatic heterocycles. The molecule has 0 fully saturated rings. The lowest BCUT2D eigenvalue weighted by Crippen LogP contribution is -2.27. The minimum absolute atomic E-state index is 0.0544. The van der Waals surface area contributed by atoms with E-state index in [0.29, 0.717) is 12.2 Å². The Labute approximate surface area is 95.9 Å². The molecule has 2 N–H and O–H groups in total. The van der Waals surface area contributed by atoms with Crippen molar-refractivity contribution in [2.45, 2.75) is 6.92 Å². The van der Waals surface area contributed by atoms with Crippen molar-refractivity contribution in [1.29, 1.82) is 0 Å². The Kier molecular flexibility index (Phi) is 4.72. The second kappa shape index (κ2) is 6.07. The molecule has 1 aromatic rings. The van der Waals surface area contributed by atoms with E-state index in [4.69, 9.17) is 0 Å². The van der Waals surface area contributed by atoms with Crippen LogP contribution in [0.1, 0.15) is 6.92 Å². The van der Waals surface area contributed by atoms with Gasteiger partial charge in [0.15, 0.2) is 0 Å². The fourth-order valence-corrected chi connectivity index (χ4v) is 1.17. The first kappa shape index (κ1) is 12.4. The van der Waals surface area contributed by atoms with Crippen LogP contribution in [-0.4, -0.2) is 38.1 Å². The maximum Gasteiger partial charge on any atom is 0.238 e. The number of pyridine rings is 1. The fourth-order valence-electron chi connectivity index (χ4n) is 1.17. The lowest BCUT2D eigenvalue weighted by atomic mass is 10.4. The van der Waals surface area contributed by atoms with Crippen molar-refractivity contribution in [3.63, 3.8) is 0 Å². The molecule has 0 aliphatic heterocycles. The topological polar surface area (TPSA) is 57.3 Å². The molecular weight excluding hydrogens is 204 g/mol. The van der Waals surface area contributed by atoms with E-state index >= 15 is 0 Å². The highest BCUT2D eigenvalue weighted by molar-refractivity contribution is 5.92. The number of nitrogens with one attached hydrogen (secondary N) is 2. The van der Waals surface area contributed by atoms with Crippen LogP contribution in [0, 0.1) is 0 Å². The first-order valence-corrected chi connectivity index (χ1v) is 5.27. The summed E-state index contributed by atoms with van der Waals surface area (Å²) in [5, 5.41) is 5.72. The summed E-state index contributed by atoms with van der Waals surface area (Å²) in [6, 6.07) is 3.70. The van der Waals surface area contributed by atoms with Gasteiger partial charge in [-0.25, -0.2) is 4.98 Å². The van der Waals surface area contributed by atoms with Gasteiger partial charge in [0.05, 0.1) is 18.4 Å². The smallest absolute Gasteiger partial charge is 0.238 e. The van der Waals surface area contributed by atoms with Gasteiger partial charge >= 0.3 is 0 Å². The van der Waals surface area contributed by atoms with Gasteiger partial charge in [-0.3, -0.25) is 4.79 Å². The van der Waals surface area contributed by atoms with E-state index in [9.17, 15) is 4.79 Å². The zero-order chi connectivity index (χ0) is 12.0. The number of hydrogen-bond acceptors (Lipinski definition) is 4. The van der Waals surface area contributed by atoms with E-state index in [1.54, 1.807) is 6.20 Å². The zero-order valence-electron chi connectivity index (χ0n) is 9.95. The number of carbonyl (C=O) groups excluding carboxylic acids is 1. The summed E-state index contributed by atoms with van der Waals surface area (Å²) in [4.78, 5) is 17.5. The van der Waals surface area contributed by atoms with E-state index in [1.165, 1.54) is 0 Å². The van der Waals surface area contributed by atoms with Crippen LogP contribution in [-0.2, 0) is 4.79 Å². The number of hydrogen-bond donors (Lipinski definition) is 2. The Morgan fingerprint density at radius 1 is 1.44 bits per heavy atom. The molecule has 0 radical (unpaired) electrons. The van der Waals surface area contributed by atoms with Crippen LogP contribution in [0.4, 0.5) is 11.5 Å². The van der Waals surface area contributed by atoms with Crippen molar-refractivity contribution in [3.05, 3.63) is 18.3 Å². The molecule has 0 aromatic carbocycles. The minimum atomic E-state index is -0.0544. The number of amides is 1. The first-order chi connectivity index (χ1) is 7.63. The molecule has 5 heteroatoms. The largest absolute Gasteiger partial charge is 0.363 e. The van der Waals surface area contributed by atoms with Gasteiger partial charge in [0.2, 0.25) is 5.91 Å². The van der Waals surface area contributed by atoms with Crippen LogP contribution in [0.3, 0.4) is 0 Å². The van der Waals surface area contributed by atoms with E-state index in [1.807, 2.05) is 38.1 Å². The van der Waals surface area contributed by atoms with Crippen LogP contribution in [0.5, 0.6) is 0 Å². The highest BCUT2D eigenvalue weighted by Crippen LogP contribution is 2.11. The van der Waals surface area contributed by atoms with E-state index in [2.05, 4.69) is 15.6 Å². The van der Waals surface area contributed by atoms with Gasteiger partial charge in [0.1, 0.15) is 5.82 Å². The van der Waals surface area contributed by atoms with E-state index in [-0.39, 0.29) is 5.91 Å². The van der Waals surface area contributed by atoms with Crippen molar-refractivity contribution in [3.8, 4) is 0 Å². The quantitative estimate of drug-likeness (QED) is 0.770. The SMILES string of the molecule is CCNCC(=O)Nc1ccc(N(C)C)nc1. The highest BCUT2D eigenvalue weighted by atomic mass is 16.1. The molecule has 0 saturated carbocycles. The van der Waals surface area contributed by atoms with E-state index < -0.39 is 0 Å². The monoisotopic (exact) mass is 222 g/mol. The molecule has 1 amide bonds. The van der Waals surface area contributed by atoms with Crippen LogP contribution >= 0.6 is 0 Å². The number of likely N-dealkylation sites (N-methyl/N-ethyl adjacent to an activating group) is 1. The van der Waals surface area contributed by atoms with Crippen molar-refractivity contribution >= 4 is 17.4 Å². The Morgan fingerprint density at radius 3 is 2.69 bits per heavy atom. The molecule has 16 heavy (non-hydrogen) atoms. The zero-order valence-corrected chi connectivity index (χ0v) is 9.95. The molecule has 0 aliphatic carbocycles. The normalized spacial score (nSPS) is 9.94. The van der Waals surface area contributed by atoms with Gasteiger partial charge < -0.3 is 15.5 Å². The minimum Gasteiger partial charge on any atom is -0.363 e. The third kappa shape index (κ3) is 3.86. The van der Waals surface area contributed by atoms with Crippen LogP contribution in [0.2, 0.25) is 0 Å². The maximum atomic E-state index is 11.4. The number of rotatable bonds is 5. The summed E-state index contributed by atoms with van der Waals surface area (Å²) < 4.78 is 0. The van der Waals surface area contributed by atoms with Gasteiger partial charge in [-0.2, -0.15) is 0 Å². The Bertz CT molecular complexity index is 334. The van der Waals surface area contributed by atoms with Gasteiger partial charge in [0.25, 0.3) is 0 Å². The third-order valence-electron chi connectivity index (χ3n) is 2.03. The Morgan fingerprint density at radius 2 is 2.19 bits per heavy atom. The fraction of sp³-hybridized carbons (Fsp3) is 0.455. The molecule has 0 unspecified atom stereocenters. The number of nitrogens with zero attached hydrogens (tertiary/aromatic N) is 2. The standard InChI is InChI=1S/C11H18N4O/c1-4-12-8-11(16)14-9-5-6-10(13-7-9)15(2)3/h5-7,12H,4,8H2,1-3H3,(H,14,16). The summed E-state index contributed by atoms with van der Waals surface area (Å²) in [6.07, 6.45) is 1.65. The molecule has 1 heterocycles. The maximum absolute atomic E-state index is 11.4. The Balaban J connectivity index is 2.51. The summed E-state index contributed by atoms with van der Waals surface area (Å²) >= 11 is 0. The molecule has 1 rings (SSSR count). The Hall–Kier alpha value is -1.62. The summed E-state index contributed by atoms with van der Waals surface area (Å²) in [5.41, 5.74) is 0.716. The second-order valence-electron chi connectivity index (χ2n) is 3.63. The van der Waals surface area contributed by atoms with Crippen LogP contribution in [0.15, 0.2) is 18.3 Å². The molecule has 0 saturated heterocycles. The number of anilines is 2. The predicted octanol–water partition coefficient (Wildman–Crippen LogP) is 0.696. The highest BCUT2D eigenvalue weighted by Gasteiger charge is 2.02. The summed E-state index contributed by atoms with van der Waals surface area (Å²) in [7, 11) is 3.84. The lowest BCUT2D eigenvalue weighted by Gasteiger charge is -2.11. The van der Waals surface area contributed by atoms with Crippen molar-refractivity contribution in [2.75, 3.05) is 37.4 Å². The summed E-state index contributed by atoms with van der Waals surface area (Å²) in [5.74, 6) is 0.811. The molecule has 0 aliphatic rings. The van der Waals surface area contributed by atoms with Crippen molar-refractivity contribution in [2.24, 2.45) is 0 Å². The molecule has 0 atom stereocenters. The van der Waals surface area contributed by atoms with Gasteiger partial charge in [-0.05, 0) is 18.7 Å². The first-order valence-electron chi connectivity index (χ1n) is 5.27. The summed E-state index contributed by atoms with van der Waals surface area (Å²) in [6.45, 7) is 3.07. The van der Waals surface area contributed by atoms with Crippen LogP contribution < -0.4 is 15.5 Å². The molecular formula is C11H18N4O. The molecule has 88 valence electrons.